The van der Waals surface area contributed by atoms with E-state index in [4.69, 9.17) is 4.74 Å². The summed E-state index contributed by atoms with van der Waals surface area (Å²) >= 11 is 0. The van der Waals surface area contributed by atoms with Crippen molar-refractivity contribution in [2.24, 2.45) is 5.92 Å². The van der Waals surface area contributed by atoms with Gasteiger partial charge in [-0.1, -0.05) is 0 Å². The van der Waals surface area contributed by atoms with Gasteiger partial charge in [0.1, 0.15) is 6.61 Å². The second-order valence-corrected chi connectivity index (χ2v) is 3.64. The lowest BCUT2D eigenvalue weighted by Gasteiger charge is -2.22. The molecule has 2 saturated heterocycles. The van der Waals surface area contributed by atoms with Gasteiger partial charge in [0.2, 0.25) is 0 Å². The predicted molar refractivity (Wildman–Crippen MR) is 44.7 cm³/mol. The van der Waals surface area contributed by atoms with E-state index < -0.39 is 0 Å². The molecule has 0 aliphatic carbocycles. The maximum Gasteiger partial charge on any atom is 0.309 e. The first-order chi connectivity index (χ1) is 5.86. The second kappa shape index (κ2) is 3.44. The van der Waals surface area contributed by atoms with E-state index in [-0.39, 0.29) is 11.9 Å². The summed E-state index contributed by atoms with van der Waals surface area (Å²) in [5, 5.41) is 0. The van der Waals surface area contributed by atoms with Crippen LogP contribution in [0.5, 0.6) is 0 Å². The number of hydrogen-bond acceptors (Lipinski definition) is 3. The highest BCUT2D eigenvalue weighted by Crippen LogP contribution is 2.20. The fourth-order valence-corrected chi connectivity index (χ4v) is 2.01. The van der Waals surface area contributed by atoms with Crippen molar-refractivity contribution in [2.45, 2.75) is 19.3 Å². The van der Waals surface area contributed by atoms with Crippen LogP contribution in [-0.2, 0) is 9.53 Å². The SMILES string of the molecule is O=C1OCCN2CCCC1CC2. The molecular weight excluding hydrogens is 154 g/mol. The van der Waals surface area contributed by atoms with Gasteiger partial charge < -0.3 is 4.74 Å². The maximum atomic E-state index is 11.3. The fourth-order valence-electron chi connectivity index (χ4n) is 2.01. The molecule has 0 N–H and O–H groups in total. The normalized spacial score (nSPS) is 36.5. The molecule has 0 aromatic rings. The molecule has 3 heteroatoms. The van der Waals surface area contributed by atoms with Crippen LogP contribution < -0.4 is 0 Å². The predicted octanol–water partition coefficient (Wildman–Crippen LogP) is 0.645. The highest BCUT2D eigenvalue weighted by atomic mass is 16.5. The average Bonchev–Trinajstić information content (AvgIpc) is 2.23. The van der Waals surface area contributed by atoms with E-state index in [0.717, 1.165) is 38.9 Å². The minimum Gasteiger partial charge on any atom is -0.464 e. The number of carbonyl (C=O) groups excluding carboxylic acids is 1. The average molecular weight is 169 g/mol. The molecule has 0 spiro atoms. The minimum absolute atomic E-state index is 0.0385. The zero-order valence-corrected chi connectivity index (χ0v) is 7.29. The molecule has 0 aromatic heterocycles. The lowest BCUT2D eigenvalue weighted by atomic mass is 10.0. The second-order valence-electron chi connectivity index (χ2n) is 3.64. The number of cyclic esters (lactones) is 1. The van der Waals surface area contributed by atoms with E-state index in [1.807, 2.05) is 0 Å². The van der Waals surface area contributed by atoms with Gasteiger partial charge >= 0.3 is 5.97 Å². The lowest BCUT2D eigenvalue weighted by Crippen LogP contribution is -2.32. The molecule has 2 rings (SSSR count). The number of fused-ring (bicyclic) bond motifs is 3. The van der Waals surface area contributed by atoms with Gasteiger partial charge in [-0.05, 0) is 32.4 Å². The van der Waals surface area contributed by atoms with Crippen molar-refractivity contribution < 1.29 is 9.53 Å². The highest BCUT2D eigenvalue weighted by molar-refractivity contribution is 5.72. The van der Waals surface area contributed by atoms with Crippen molar-refractivity contribution >= 4 is 5.97 Å². The summed E-state index contributed by atoms with van der Waals surface area (Å²) < 4.78 is 5.12. The first-order valence-corrected chi connectivity index (χ1v) is 4.75. The summed E-state index contributed by atoms with van der Waals surface area (Å²) in [4.78, 5) is 13.7. The number of hydrogen-bond donors (Lipinski definition) is 0. The van der Waals surface area contributed by atoms with Crippen LogP contribution in [-0.4, -0.2) is 37.1 Å². The first-order valence-electron chi connectivity index (χ1n) is 4.75. The molecule has 0 amide bonds. The van der Waals surface area contributed by atoms with Crippen LogP contribution in [0.4, 0.5) is 0 Å². The molecule has 0 radical (unpaired) electrons. The zero-order chi connectivity index (χ0) is 8.39. The van der Waals surface area contributed by atoms with Crippen molar-refractivity contribution in [2.75, 3.05) is 26.2 Å². The molecule has 68 valence electrons. The fraction of sp³-hybridized carbons (Fsp3) is 0.889. The Morgan fingerprint density at radius 3 is 3.08 bits per heavy atom. The Labute approximate surface area is 72.7 Å². The number of nitrogens with zero attached hydrogens (tertiary/aromatic N) is 1. The Hall–Kier alpha value is -0.570. The maximum absolute atomic E-state index is 11.3. The third-order valence-corrected chi connectivity index (χ3v) is 2.81. The Balaban J connectivity index is 2.07. The van der Waals surface area contributed by atoms with Crippen LogP contribution in [0.1, 0.15) is 19.3 Å². The molecule has 12 heavy (non-hydrogen) atoms. The van der Waals surface area contributed by atoms with Gasteiger partial charge in [0.05, 0.1) is 5.92 Å². The van der Waals surface area contributed by atoms with Crippen molar-refractivity contribution in [1.29, 1.82) is 0 Å². The third kappa shape index (κ3) is 1.61. The minimum atomic E-state index is 0.0385. The Morgan fingerprint density at radius 2 is 2.17 bits per heavy atom. The standard InChI is InChI=1S/C9H15NO2/c11-9-8-2-1-4-10(5-3-8)6-7-12-9/h8H,1-7H2. The van der Waals surface area contributed by atoms with Crippen LogP contribution in [0.3, 0.4) is 0 Å². The largest absolute Gasteiger partial charge is 0.464 e. The quantitative estimate of drug-likeness (QED) is 0.498. The molecule has 0 saturated carbocycles. The lowest BCUT2D eigenvalue weighted by molar-refractivity contribution is -0.150. The van der Waals surface area contributed by atoms with Crippen LogP contribution in [0.2, 0.25) is 0 Å². The summed E-state index contributed by atoms with van der Waals surface area (Å²) in [5.41, 5.74) is 0. The summed E-state index contributed by atoms with van der Waals surface area (Å²) in [6, 6.07) is 0. The third-order valence-electron chi connectivity index (χ3n) is 2.81. The summed E-state index contributed by atoms with van der Waals surface area (Å²) in [7, 11) is 0. The number of carbonyl (C=O) groups is 1. The summed E-state index contributed by atoms with van der Waals surface area (Å²) in [6.45, 7) is 3.75. The van der Waals surface area contributed by atoms with Crippen LogP contribution in [0, 0.1) is 5.92 Å². The number of ether oxygens (including phenoxy) is 1. The molecule has 3 nitrogen and oxygen atoms in total. The van der Waals surface area contributed by atoms with Gasteiger partial charge in [0.25, 0.3) is 0 Å². The topological polar surface area (TPSA) is 29.5 Å². The van der Waals surface area contributed by atoms with Crippen molar-refractivity contribution in [3.05, 3.63) is 0 Å². The van der Waals surface area contributed by atoms with E-state index in [9.17, 15) is 4.79 Å². The van der Waals surface area contributed by atoms with Crippen molar-refractivity contribution in [1.82, 2.24) is 4.90 Å². The summed E-state index contributed by atoms with van der Waals surface area (Å²) in [5.74, 6) is 0.229. The number of rotatable bonds is 0. The van der Waals surface area contributed by atoms with Crippen LogP contribution in [0.25, 0.3) is 0 Å². The first kappa shape index (κ1) is 8.05. The van der Waals surface area contributed by atoms with Crippen LogP contribution >= 0.6 is 0 Å². The Morgan fingerprint density at radius 1 is 1.25 bits per heavy atom. The van der Waals surface area contributed by atoms with Gasteiger partial charge in [-0.2, -0.15) is 0 Å². The monoisotopic (exact) mass is 169 g/mol. The zero-order valence-electron chi connectivity index (χ0n) is 7.29. The van der Waals surface area contributed by atoms with E-state index >= 15 is 0 Å². The van der Waals surface area contributed by atoms with Crippen molar-refractivity contribution in [3.8, 4) is 0 Å². The van der Waals surface area contributed by atoms with Gasteiger partial charge in [-0.15, -0.1) is 0 Å². The highest BCUT2D eigenvalue weighted by Gasteiger charge is 2.26. The van der Waals surface area contributed by atoms with Crippen molar-refractivity contribution in [3.63, 3.8) is 0 Å². The molecule has 2 fully saturated rings. The molecule has 2 atom stereocenters. The Kier molecular flexibility index (Phi) is 2.30. The molecular formula is C9H15NO2. The smallest absolute Gasteiger partial charge is 0.309 e. The van der Waals surface area contributed by atoms with Crippen LogP contribution in [0.15, 0.2) is 0 Å². The van der Waals surface area contributed by atoms with Gasteiger partial charge in [-0.25, -0.2) is 0 Å². The number of esters is 1. The van der Waals surface area contributed by atoms with Gasteiger partial charge in [-0.3, -0.25) is 9.69 Å². The van der Waals surface area contributed by atoms with Gasteiger partial charge in [0.15, 0.2) is 0 Å². The van der Waals surface area contributed by atoms with Gasteiger partial charge in [0, 0.05) is 6.54 Å². The molecule has 2 aliphatic rings. The Bertz CT molecular complexity index is 181. The molecule has 2 bridgehead atoms. The molecule has 0 aromatic carbocycles. The molecule has 2 aliphatic heterocycles. The van der Waals surface area contributed by atoms with E-state index in [0.29, 0.717) is 6.61 Å². The molecule has 2 heterocycles. The van der Waals surface area contributed by atoms with E-state index in [1.165, 1.54) is 0 Å². The molecule has 2 unspecified atom stereocenters. The van der Waals surface area contributed by atoms with E-state index in [2.05, 4.69) is 4.90 Å². The van der Waals surface area contributed by atoms with E-state index in [1.54, 1.807) is 0 Å². The summed E-state index contributed by atoms with van der Waals surface area (Å²) in [6.07, 6.45) is 3.17.